The number of halogens is 1. The predicted octanol–water partition coefficient (Wildman–Crippen LogP) is 4.47. The minimum atomic E-state index is 0. The molecule has 0 bridgehead atoms. The number of nitrogens with zero attached hydrogens (tertiary/aromatic N) is 2. The number of rotatable bonds is 9. The van der Waals surface area contributed by atoms with Gasteiger partial charge in [0, 0.05) is 38.2 Å². The van der Waals surface area contributed by atoms with Crippen molar-refractivity contribution < 1.29 is 9.53 Å². The average molecular weight is 557 g/mol. The fraction of sp³-hybridized carbons (Fsp3) is 0.680. The Morgan fingerprint density at radius 1 is 1.12 bits per heavy atom. The van der Waals surface area contributed by atoms with Gasteiger partial charge in [-0.15, -0.1) is 24.0 Å². The molecule has 3 rings (SSSR count). The van der Waals surface area contributed by atoms with Crippen LogP contribution in [0.4, 0.5) is 0 Å². The molecule has 2 fully saturated rings. The van der Waals surface area contributed by atoms with Gasteiger partial charge in [-0.05, 0) is 43.7 Å². The van der Waals surface area contributed by atoms with E-state index in [1.165, 1.54) is 30.4 Å². The molecule has 180 valence electrons. The van der Waals surface area contributed by atoms with E-state index in [2.05, 4.69) is 53.6 Å². The maximum absolute atomic E-state index is 12.9. The Labute approximate surface area is 211 Å². The molecule has 1 atom stereocenters. The molecule has 2 aliphatic rings. The van der Waals surface area contributed by atoms with Crippen molar-refractivity contribution in [3.8, 4) is 0 Å². The van der Waals surface area contributed by atoms with Crippen molar-refractivity contribution in [1.29, 1.82) is 0 Å². The van der Waals surface area contributed by atoms with Gasteiger partial charge in [0.05, 0.1) is 13.2 Å². The molecule has 6 nitrogen and oxygen atoms in total. The quantitative estimate of drug-likeness (QED) is 0.204. The highest BCUT2D eigenvalue weighted by atomic mass is 127. The first-order chi connectivity index (χ1) is 15.2. The van der Waals surface area contributed by atoms with E-state index in [4.69, 9.17) is 9.73 Å². The monoisotopic (exact) mass is 556 g/mol. The summed E-state index contributed by atoms with van der Waals surface area (Å²) in [6.45, 7) is 8.66. The zero-order valence-corrected chi connectivity index (χ0v) is 22.1. The van der Waals surface area contributed by atoms with Gasteiger partial charge in [-0.25, -0.2) is 4.99 Å². The van der Waals surface area contributed by atoms with Crippen LogP contribution in [0.15, 0.2) is 29.3 Å². The molecule has 2 N–H and O–H groups in total. The highest BCUT2D eigenvalue weighted by Crippen LogP contribution is 2.26. The third-order valence-corrected chi connectivity index (χ3v) is 6.27. The maximum atomic E-state index is 12.9. The van der Waals surface area contributed by atoms with E-state index in [1.807, 2.05) is 0 Å². The summed E-state index contributed by atoms with van der Waals surface area (Å²) in [5, 5.41) is 6.92. The molecule has 1 aliphatic heterocycles. The molecule has 1 aromatic carbocycles. The van der Waals surface area contributed by atoms with Gasteiger partial charge in [0.15, 0.2) is 5.96 Å². The lowest BCUT2D eigenvalue weighted by Gasteiger charge is -2.26. The predicted molar refractivity (Wildman–Crippen MR) is 141 cm³/mol. The van der Waals surface area contributed by atoms with Crippen LogP contribution in [0.1, 0.15) is 69.9 Å². The molecule has 1 aliphatic carbocycles. The normalized spacial score (nSPS) is 19.5. The topological polar surface area (TPSA) is 66.0 Å². The number of likely N-dealkylation sites (tertiary alicyclic amines) is 1. The van der Waals surface area contributed by atoms with Crippen molar-refractivity contribution in [2.24, 2.45) is 10.9 Å². The van der Waals surface area contributed by atoms with Crippen LogP contribution in [0, 0.1) is 5.92 Å². The third-order valence-electron chi connectivity index (χ3n) is 6.27. The number of aliphatic imine (C=N–C) groups is 1. The van der Waals surface area contributed by atoms with Crippen LogP contribution >= 0.6 is 24.0 Å². The SMILES string of the molecule is CCCOCc1ccccc1CN=C(NCC)NC1CCN(C(=O)C2CCCCC2)C1.I. The molecule has 1 saturated carbocycles. The number of benzene rings is 1. The Balaban J connectivity index is 0.00000363. The lowest BCUT2D eigenvalue weighted by atomic mass is 9.88. The molecule has 0 radical (unpaired) electrons. The average Bonchev–Trinajstić information content (AvgIpc) is 3.27. The summed E-state index contributed by atoms with van der Waals surface area (Å²) in [5.74, 6) is 1.44. The van der Waals surface area contributed by atoms with E-state index in [0.29, 0.717) is 19.1 Å². The van der Waals surface area contributed by atoms with Crippen molar-refractivity contribution in [1.82, 2.24) is 15.5 Å². The molecule has 32 heavy (non-hydrogen) atoms. The Hall–Kier alpha value is -1.35. The van der Waals surface area contributed by atoms with Gasteiger partial charge in [-0.2, -0.15) is 0 Å². The van der Waals surface area contributed by atoms with E-state index in [0.717, 1.165) is 57.9 Å². The standard InChI is InChI=1S/C25H40N4O2.HI/c1-3-16-31-19-22-13-9-8-12-21(22)17-27-25(26-4-2)28-23-14-15-29(18-23)24(30)20-10-6-5-7-11-20;/h8-9,12-13,20,23H,3-7,10-11,14-19H2,1-2H3,(H2,26,27,28);1H. The van der Waals surface area contributed by atoms with Crippen LogP contribution in [0.2, 0.25) is 0 Å². The van der Waals surface area contributed by atoms with Crippen LogP contribution in [0.5, 0.6) is 0 Å². The van der Waals surface area contributed by atoms with Crippen molar-refractivity contribution in [3.05, 3.63) is 35.4 Å². The molecular formula is C25H41IN4O2. The Morgan fingerprint density at radius 3 is 2.59 bits per heavy atom. The van der Waals surface area contributed by atoms with Gasteiger partial charge in [0.1, 0.15) is 0 Å². The van der Waals surface area contributed by atoms with E-state index in [9.17, 15) is 4.79 Å². The lowest BCUT2D eigenvalue weighted by molar-refractivity contribution is -0.135. The lowest BCUT2D eigenvalue weighted by Crippen LogP contribution is -2.45. The van der Waals surface area contributed by atoms with Crippen LogP contribution in [-0.2, 0) is 22.7 Å². The van der Waals surface area contributed by atoms with Gasteiger partial charge >= 0.3 is 0 Å². The van der Waals surface area contributed by atoms with Crippen molar-refractivity contribution in [3.63, 3.8) is 0 Å². The fourth-order valence-corrected chi connectivity index (χ4v) is 4.54. The summed E-state index contributed by atoms with van der Waals surface area (Å²) in [7, 11) is 0. The van der Waals surface area contributed by atoms with Crippen LogP contribution in [0.25, 0.3) is 0 Å². The second-order valence-corrected chi connectivity index (χ2v) is 8.77. The summed E-state index contributed by atoms with van der Waals surface area (Å²) < 4.78 is 5.74. The Kier molecular flexibility index (Phi) is 12.4. The maximum Gasteiger partial charge on any atom is 0.225 e. The highest BCUT2D eigenvalue weighted by molar-refractivity contribution is 14.0. The summed E-state index contributed by atoms with van der Waals surface area (Å²) in [4.78, 5) is 19.8. The van der Waals surface area contributed by atoms with Crippen molar-refractivity contribution >= 4 is 35.8 Å². The van der Waals surface area contributed by atoms with E-state index in [-0.39, 0.29) is 35.9 Å². The third kappa shape index (κ3) is 8.21. The highest BCUT2D eigenvalue weighted by Gasteiger charge is 2.31. The summed E-state index contributed by atoms with van der Waals surface area (Å²) in [6, 6.07) is 8.61. The number of guanidine groups is 1. The number of hydrogen-bond donors (Lipinski definition) is 2. The zero-order valence-electron chi connectivity index (χ0n) is 19.8. The number of carbonyl (C=O) groups excluding carboxylic acids is 1. The Bertz CT molecular complexity index is 722. The number of amides is 1. The molecule has 1 unspecified atom stereocenters. The van der Waals surface area contributed by atoms with Gasteiger partial charge in [-0.1, -0.05) is 50.5 Å². The smallest absolute Gasteiger partial charge is 0.225 e. The zero-order chi connectivity index (χ0) is 21.9. The molecule has 1 amide bonds. The van der Waals surface area contributed by atoms with Crippen LogP contribution in [-0.4, -0.2) is 49.0 Å². The second-order valence-electron chi connectivity index (χ2n) is 8.77. The van der Waals surface area contributed by atoms with E-state index >= 15 is 0 Å². The molecule has 0 spiro atoms. The molecule has 7 heteroatoms. The van der Waals surface area contributed by atoms with E-state index < -0.39 is 0 Å². The first-order valence-electron chi connectivity index (χ1n) is 12.2. The van der Waals surface area contributed by atoms with Crippen molar-refractivity contribution in [2.75, 3.05) is 26.2 Å². The number of carbonyl (C=O) groups is 1. The van der Waals surface area contributed by atoms with Crippen LogP contribution < -0.4 is 10.6 Å². The molecule has 0 aromatic heterocycles. The van der Waals surface area contributed by atoms with Gasteiger partial charge in [0.2, 0.25) is 5.91 Å². The second kappa shape index (κ2) is 14.7. The Morgan fingerprint density at radius 2 is 1.88 bits per heavy atom. The summed E-state index contributed by atoms with van der Waals surface area (Å²) in [6.07, 6.45) is 7.82. The summed E-state index contributed by atoms with van der Waals surface area (Å²) >= 11 is 0. The fourth-order valence-electron chi connectivity index (χ4n) is 4.54. The molecule has 1 aromatic rings. The minimum Gasteiger partial charge on any atom is -0.377 e. The first-order valence-corrected chi connectivity index (χ1v) is 12.2. The largest absolute Gasteiger partial charge is 0.377 e. The number of nitrogens with one attached hydrogen (secondary N) is 2. The molecular weight excluding hydrogens is 515 g/mol. The van der Waals surface area contributed by atoms with E-state index in [1.54, 1.807) is 0 Å². The molecule has 1 saturated heterocycles. The first kappa shape index (κ1) is 26.9. The van der Waals surface area contributed by atoms with Gasteiger partial charge in [-0.3, -0.25) is 4.79 Å². The van der Waals surface area contributed by atoms with Gasteiger partial charge in [0.25, 0.3) is 0 Å². The number of hydrogen-bond acceptors (Lipinski definition) is 3. The number of ether oxygens (including phenoxy) is 1. The van der Waals surface area contributed by atoms with Crippen LogP contribution in [0.3, 0.4) is 0 Å². The minimum absolute atomic E-state index is 0. The summed E-state index contributed by atoms with van der Waals surface area (Å²) in [5.41, 5.74) is 2.39. The molecule has 1 heterocycles. The van der Waals surface area contributed by atoms with Crippen molar-refractivity contribution in [2.45, 2.75) is 78.0 Å². The van der Waals surface area contributed by atoms with Gasteiger partial charge < -0.3 is 20.3 Å².